The van der Waals surface area contributed by atoms with E-state index < -0.39 is 0 Å². The van der Waals surface area contributed by atoms with Gasteiger partial charge in [-0.2, -0.15) is 5.26 Å². The highest BCUT2D eigenvalue weighted by molar-refractivity contribution is 7.99. The first kappa shape index (κ1) is 20.1. The molecule has 0 unspecified atom stereocenters. The molecular weight excluding hydrogens is 395 g/mol. The smallest absolute Gasteiger partial charge is 0.316 e. The number of nitrogens with zero attached hydrogens (tertiary/aromatic N) is 2. The molecule has 0 N–H and O–H groups in total. The molecule has 1 aromatic carbocycles. The number of rotatable bonds is 6. The van der Waals surface area contributed by atoms with Gasteiger partial charge in [0.15, 0.2) is 0 Å². The van der Waals surface area contributed by atoms with Crippen LogP contribution in [0.4, 0.5) is 4.39 Å². The van der Waals surface area contributed by atoms with Crippen LogP contribution in [0, 0.1) is 17.1 Å². The minimum absolute atomic E-state index is 0.0522. The lowest BCUT2D eigenvalue weighted by atomic mass is 10.0. The molecular formula is C21H17FN2O2S2. The number of thiophene rings is 1. The molecule has 2 aromatic heterocycles. The molecule has 0 amide bonds. The zero-order chi connectivity index (χ0) is 20.1. The number of carbonyl (C=O) groups excluding carboxylic acids is 1. The van der Waals surface area contributed by atoms with Crippen LogP contribution in [-0.2, 0) is 9.53 Å². The van der Waals surface area contributed by atoms with Gasteiger partial charge in [-0.05, 0) is 49.1 Å². The highest BCUT2D eigenvalue weighted by atomic mass is 32.2. The third-order valence-corrected chi connectivity index (χ3v) is 5.56. The van der Waals surface area contributed by atoms with Crippen molar-refractivity contribution in [1.82, 2.24) is 4.98 Å². The van der Waals surface area contributed by atoms with Crippen LogP contribution in [0.3, 0.4) is 0 Å². The molecule has 0 fully saturated rings. The monoisotopic (exact) mass is 412 g/mol. The van der Waals surface area contributed by atoms with Crippen LogP contribution in [-0.4, -0.2) is 22.8 Å². The maximum Gasteiger partial charge on any atom is 0.316 e. The number of pyridine rings is 1. The minimum Gasteiger partial charge on any atom is -0.462 e. The number of benzene rings is 1. The van der Waals surface area contributed by atoms with E-state index in [1.165, 1.54) is 35.2 Å². The van der Waals surface area contributed by atoms with Crippen molar-refractivity contribution in [1.29, 1.82) is 5.26 Å². The number of carbonyl (C=O) groups is 1. The Morgan fingerprint density at radius 2 is 2.07 bits per heavy atom. The number of aromatic nitrogens is 1. The normalized spacial score (nSPS) is 10.7. The number of ether oxygens (including phenoxy) is 1. The van der Waals surface area contributed by atoms with Gasteiger partial charge in [0, 0.05) is 5.56 Å². The second kappa shape index (κ2) is 9.00. The molecule has 28 heavy (non-hydrogen) atoms. The van der Waals surface area contributed by atoms with Crippen LogP contribution in [0.15, 0.2) is 52.9 Å². The molecule has 0 spiro atoms. The fraction of sp³-hybridized carbons (Fsp3) is 0.190. The summed E-state index contributed by atoms with van der Waals surface area (Å²) >= 11 is 2.70. The molecule has 0 atom stereocenters. The second-order valence-corrected chi connectivity index (χ2v) is 8.07. The number of thioether (sulfide) groups is 1. The Balaban J connectivity index is 2.05. The van der Waals surface area contributed by atoms with E-state index in [1.807, 2.05) is 23.6 Å². The lowest BCUT2D eigenvalue weighted by Crippen LogP contribution is -2.13. The zero-order valence-corrected chi connectivity index (χ0v) is 16.9. The highest BCUT2D eigenvalue weighted by Crippen LogP contribution is 2.35. The Bertz CT molecular complexity index is 1010. The summed E-state index contributed by atoms with van der Waals surface area (Å²) in [7, 11) is 0. The minimum atomic E-state index is -0.365. The molecule has 0 saturated heterocycles. The van der Waals surface area contributed by atoms with Crippen molar-refractivity contribution in [2.45, 2.75) is 25.0 Å². The SMILES string of the molecule is CC(C)OC(=O)CSc1nc(-c2cccs2)cc(-c2ccc(F)cc2)c1C#N. The Morgan fingerprint density at radius 1 is 1.32 bits per heavy atom. The van der Waals surface area contributed by atoms with Crippen molar-refractivity contribution in [2.75, 3.05) is 5.75 Å². The average Bonchev–Trinajstić information content (AvgIpc) is 3.20. The quantitative estimate of drug-likeness (QED) is 0.393. The van der Waals surface area contributed by atoms with Crippen LogP contribution < -0.4 is 0 Å². The van der Waals surface area contributed by atoms with Crippen LogP contribution in [0.25, 0.3) is 21.7 Å². The maximum absolute atomic E-state index is 13.3. The molecule has 0 aliphatic rings. The summed E-state index contributed by atoms with van der Waals surface area (Å²) in [4.78, 5) is 17.5. The molecule has 3 rings (SSSR count). The predicted molar refractivity (Wildman–Crippen MR) is 110 cm³/mol. The lowest BCUT2D eigenvalue weighted by molar-refractivity contribution is -0.144. The maximum atomic E-state index is 13.3. The zero-order valence-electron chi connectivity index (χ0n) is 15.3. The van der Waals surface area contributed by atoms with E-state index in [2.05, 4.69) is 11.1 Å². The predicted octanol–water partition coefficient (Wildman–Crippen LogP) is 5.53. The van der Waals surface area contributed by atoms with E-state index in [1.54, 1.807) is 26.0 Å². The molecule has 4 nitrogen and oxygen atoms in total. The Kier molecular flexibility index (Phi) is 6.45. The molecule has 0 bridgehead atoms. The Labute approximate surface area is 171 Å². The van der Waals surface area contributed by atoms with Gasteiger partial charge in [-0.15, -0.1) is 11.3 Å². The first-order valence-electron chi connectivity index (χ1n) is 8.55. The van der Waals surface area contributed by atoms with Crippen molar-refractivity contribution < 1.29 is 13.9 Å². The summed E-state index contributed by atoms with van der Waals surface area (Å²) in [5, 5.41) is 12.2. The average molecular weight is 413 g/mol. The van der Waals surface area contributed by atoms with Crippen molar-refractivity contribution in [3.63, 3.8) is 0 Å². The van der Waals surface area contributed by atoms with Crippen LogP contribution in [0.5, 0.6) is 0 Å². The van der Waals surface area contributed by atoms with Crippen LogP contribution in [0.2, 0.25) is 0 Å². The number of hydrogen-bond donors (Lipinski definition) is 0. The summed E-state index contributed by atoms with van der Waals surface area (Å²) < 4.78 is 18.5. The molecule has 3 aromatic rings. The van der Waals surface area contributed by atoms with Gasteiger partial charge in [0.1, 0.15) is 16.9 Å². The van der Waals surface area contributed by atoms with Crippen molar-refractivity contribution in [2.24, 2.45) is 0 Å². The van der Waals surface area contributed by atoms with E-state index in [-0.39, 0.29) is 23.6 Å². The summed E-state index contributed by atoms with van der Waals surface area (Å²) in [5.74, 6) is -0.659. The fourth-order valence-electron chi connectivity index (χ4n) is 2.57. The van der Waals surface area contributed by atoms with Crippen molar-refractivity contribution >= 4 is 29.1 Å². The van der Waals surface area contributed by atoms with Gasteiger partial charge in [-0.25, -0.2) is 9.37 Å². The fourth-order valence-corrected chi connectivity index (χ4v) is 4.04. The Hall–Kier alpha value is -2.69. The van der Waals surface area contributed by atoms with Gasteiger partial charge >= 0.3 is 5.97 Å². The molecule has 2 heterocycles. The topological polar surface area (TPSA) is 63.0 Å². The molecule has 142 valence electrons. The third kappa shape index (κ3) is 4.77. The Morgan fingerprint density at radius 3 is 2.68 bits per heavy atom. The molecule has 7 heteroatoms. The summed E-state index contributed by atoms with van der Waals surface area (Å²) in [6.07, 6.45) is -0.205. The summed E-state index contributed by atoms with van der Waals surface area (Å²) in [5.41, 5.74) is 2.42. The van der Waals surface area contributed by atoms with Gasteiger partial charge < -0.3 is 4.74 Å². The van der Waals surface area contributed by atoms with Gasteiger partial charge in [0.05, 0.1) is 28.0 Å². The third-order valence-electron chi connectivity index (χ3n) is 3.72. The molecule has 0 saturated carbocycles. The van der Waals surface area contributed by atoms with Crippen molar-refractivity contribution in [3.8, 4) is 27.8 Å². The summed E-state index contributed by atoms with van der Waals surface area (Å²) in [6.45, 7) is 3.57. The van der Waals surface area contributed by atoms with E-state index in [0.29, 0.717) is 27.4 Å². The first-order valence-corrected chi connectivity index (χ1v) is 10.4. The number of esters is 1. The van der Waals surface area contributed by atoms with Gasteiger partial charge in [0.25, 0.3) is 0 Å². The highest BCUT2D eigenvalue weighted by Gasteiger charge is 2.18. The van der Waals surface area contributed by atoms with Crippen molar-refractivity contribution in [3.05, 3.63) is 59.2 Å². The number of nitriles is 1. The van der Waals surface area contributed by atoms with E-state index in [0.717, 1.165) is 4.88 Å². The van der Waals surface area contributed by atoms with Gasteiger partial charge in [-0.1, -0.05) is 30.0 Å². The second-order valence-electron chi connectivity index (χ2n) is 6.16. The molecule has 0 aliphatic heterocycles. The van der Waals surface area contributed by atoms with Gasteiger partial charge in [-0.3, -0.25) is 4.79 Å². The standard InChI is InChI=1S/C21H17FN2O2S2/c1-13(2)26-20(25)12-28-21-17(11-23)16(14-5-7-15(22)8-6-14)10-18(24-21)19-4-3-9-27-19/h3-10,13H,12H2,1-2H3. The molecule has 0 aliphatic carbocycles. The van der Waals surface area contributed by atoms with E-state index >= 15 is 0 Å². The van der Waals surface area contributed by atoms with E-state index in [4.69, 9.17) is 4.74 Å². The summed E-state index contributed by atoms with van der Waals surface area (Å²) in [6, 6.07) is 13.8. The largest absolute Gasteiger partial charge is 0.462 e. The lowest BCUT2D eigenvalue weighted by Gasteiger charge is -2.12. The van der Waals surface area contributed by atoms with E-state index in [9.17, 15) is 14.4 Å². The molecule has 0 radical (unpaired) electrons. The van der Waals surface area contributed by atoms with Crippen LogP contribution >= 0.6 is 23.1 Å². The first-order chi connectivity index (χ1) is 13.5. The van der Waals surface area contributed by atoms with Crippen LogP contribution in [0.1, 0.15) is 19.4 Å². The number of hydrogen-bond acceptors (Lipinski definition) is 6. The number of halogens is 1. The van der Waals surface area contributed by atoms with Gasteiger partial charge in [0.2, 0.25) is 0 Å².